The SMILES string of the molecule is CC(C)(C)OC(=O)C[CH2][K].FB(F)F. The van der Waals surface area contributed by atoms with Crippen LogP contribution in [0.4, 0.5) is 12.9 Å². The van der Waals surface area contributed by atoms with Crippen molar-refractivity contribution in [1.29, 1.82) is 0 Å². The molecule has 0 bridgehead atoms. The van der Waals surface area contributed by atoms with Gasteiger partial charge in [-0.05, 0) is 0 Å². The van der Waals surface area contributed by atoms with Gasteiger partial charge in [0, 0.05) is 0 Å². The molecule has 0 radical (unpaired) electrons. The Bertz CT molecular complexity index is 159. The van der Waals surface area contributed by atoms with Crippen LogP contribution in [0.3, 0.4) is 0 Å². The van der Waals surface area contributed by atoms with Crippen LogP contribution in [0.5, 0.6) is 0 Å². The number of carbonyl (C=O) groups excluding carboxylic acids is 1. The van der Waals surface area contributed by atoms with Gasteiger partial charge < -0.3 is 0 Å². The van der Waals surface area contributed by atoms with Crippen molar-refractivity contribution in [3.8, 4) is 0 Å². The van der Waals surface area contributed by atoms with Crippen molar-refractivity contribution in [2.24, 2.45) is 0 Å². The number of hydrogen-bond acceptors (Lipinski definition) is 2. The van der Waals surface area contributed by atoms with Crippen LogP contribution >= 0.6 is 0 Å². The van der Waals surface area contributed by atoms with Crippen LogP contribution in [0.2, 0.25) is 0.515 Å². The van der Waals surface area contributed by atoms with E-state index in [2.05, 4.69) is 0 Å². The molecule has 78 valence electrons. The number of rotatable bonds is 2. The first-order chi connectivity index (χ1) is 6.19. The van der Waals surface area contributed by atoms with E-state index in [-0.39, 0.29) is 11.6 Å². The molecule has 0 unspecified atom stereocenters. The summed E-state index contributed by atoms with van der Waals surface area (Å²) in [5.41, 5.74) is -0.306. The second-order valence-electron chi connectivity index (χ2n) is 3.58. The van der Waals surface area contributed by atoms with E-state index in [1.165, 1.54) is 0 Å². The molecule has 0 aromatic rings. The molecule has 0 aliphatic rings. The van der Waals surface area contributed by atoms with Crippen LogP contribution in [0.1, 0.15) is 27.2 Å². The molecule has 0 N–H and O–H groups in total. The van der Waals surface area contributed by atoms with Crippen molar-refractivity contribution in [2.45, 2.75) is 33.3 Å². The number of ether oxygens (including phenoxy) is 1. The molecule has 0 atom stereocenters. The molecule has 14 heavy (non-hydrogen) atoms. The fourth-order valence-electron chi connectivity index (χ4n) is 0.597. The van der Waals surface area contributed by atoms with Gasteiger partial charge in [0.2, 0.25) is 0 Å². The summed E-state index contributed by atoms with van der Waals surface area (Å²) in [7, 11) is -3.67. The van der Waals surface area contributed by atoms with Gasteiger partial charge in [-0.3, -0.25) is 12.9 Å². The summed E-state index contributed by atoms with van der Waals surface area (Å²) < 4.78 is 35.1. The Hall–Kier alpha value is 0.961. The summed E-state index contributed by atoms with van der Waals surface area (Å²) in [5.74, 6) is -0.0550. The summed E-state index contributed by atoms with van der Waals surface area (Å²) in [4.78, 5) is 10.9. The summed E-state index contributed by atoms with van der Waals surface area (Å²) in [6, 6.07) is 0. The Labute approximate surface area is 117 Å². The molecule has 0 aliphatic heterocycles. The molecule has 0 aromatic carbocycles. The molecule has 0 saturated carbocycles. The smallest absolute Gasteiger partial charge is 0.254 e. The first kappa shape index (κ1) is 17.4. The van der Waals surface area contributed by atoms with Crippen LogP contribution in [0.25, 0.3) is 0 Å². The van der Waals surface area contributed by atoms with Crippen molar-refractivity contribution in [2.75, 3.05) is 0 Å². The number of halogens is 3. The van der Waals surface area contributed by atoms with Gasteiger partial charge in [0.25, 0.3) is 0 Å². The quantitative estimate of drug-likeness (QED) is 0.542. The van der Waals surface area contributed by atoms with Gasteiger partial charge in [-0.25, -0.2) is 0 Å². The van der Waals surface area contributed by atoms with Gasteiger partial charge in [0.05, 0.1) is 0 Å². The summed E-state index contributed by atoms with van der Waals surface area (Å²) >= 11 is 0.768. The Morgan fingerprint density at radius 3 is 1.93 bits per heavy atom. The molecule has 0 amide bonds. The second kappa shape index (κ2) is 9.21. The van der Waals surface area contributed by atoms with Crippen LogP contribution in [0, 0.1) is 0 Å². The Morgan fingerprint density at radius 2 is 1.71 bits per heavy atom. The molecular weight excluding hydrogens is 223 g/mol. The van der Waals surface area contributed by atoms with Crippen molar-refractivity contribution in [1.82, 2.24) is 0 Å². The van der Waals surface area contributed by atoms with Gasteiger partial charge in [0.15, 0.2) is 0 Å². The third-order valence-corrected chi connectivity index (χ3v) is 1.65. The minimum absolute atomic E-state index is 0.0550. The van der Waals surface area contributed by atoms with Gasteiger partial charge in [-0.1, -0.05) is 0 Å². The van der Waals surface area contributed by atoms with E-state index in [1.807, 2.05) is 20.8 Å². The minimum Gasteiger partial charge on any atom is -0.254 e. The summed E-state index contributed by atoms with van der Waals surface area (Å²) in [5, 5.41) is 0. The molecule has 0 aromatic heterocycles. The average Bonchev–Trinajstić information content (AvgIpc) is 1.80. The largest absolute Gasteiger partial charge is 0.762 e. The number of esters is 1. The van der Waals surface area contributed by atoms with Crippen molar-refractivity contribution < 1.29 is 22.5 Å². The fraction of sp³-hybridized carbons (Fsp3) is 0.857. The predicted molar refractivity (Wildman–Crippen MR) is 50.1 cm³/mol. The van der Waals surface area contributed by atoms with E-state index in [4.69, 9.17) is 4.74 Å². The Morgan fingerprint density at radius 1 is 1.36 bits per heavy atom. The predicted octanol–water partition coefficient (Wildman–Crippen LogP) is 2.18. The van der Waals surface area contributed by atoms with Gasteiger partial charge >= 0.3 is 105 Å². The number of carbonyl (C=O) groups is 1. The maximum Gasteiger partial charge on any atom is 0.762 e. The zero-order chi connectivity index (χ0) is 11.8. The first-order valence-electron chi connectivity index (χ1n) is 4.33. The molecule has 2 nitrogen and oxygen atoms in total. The summed E-state index contributed by atoms with van der Waals surface area (Å²) in [6.07, 6.45) is 0.608. The second-order valence-corrected chi connectivity index (χ2v) is 5.15. The van der Waals surface area contributed by atoms with Gasteiger partial charge in [-0.2, -0.15) is 0 Å². The van der Waals surface area contributed by atoms with Gasteiger partial charge in [-0.15, -0.1) is 0 Å². The minimum atomic E-state index is -3.67. The third kappa shape index (κ3) is 23.1. The van der Waals surface area contributed by atoms with Crippen molar-refractivity contribution in [3.05, 3.63) is 0 Å². The average molecular weight is 236 g/mol. The van der Waals surface area contributed by atoms with E-state index in [0.29, 0.717) is 6.42 Å². The van der Waals surface area contributed by atoms with E-state index >= 15 is 0 Å². The van der Waals surface area contributed by atoms with E-state index in [0.717, 1.165) is 49.5 Å². The van der Waals surface area contributed by atoms with E-state index < -0.39 is 7.54 Å². The maximum atomic E-state index is 10.9. The third-order valence-electron chi connectivity index (χ3n) is 0.874. The Kier molecular flexibility index (Phi) is 11.4. The standard InChI is InChI=1S/C7H13O2.BF3.K/c1-5-6(8)9-7(2,3)4;2-1(3)4;/h1,5H2,2-4H3;;. The molecule has 0 spiro atoms. The van der Waals surface area contributed by atoms with Crippen molar-refractivity contribution >= 4 is 62.5 Å². The summed E-state index contributed by atoms with van der Waals surface area (Å²) in [6.45, 7) is 5.67. The first-order valence-corrected chi connectivity index (χ1v) is 6.54. The molecular formula is C7H13BF3KO2. The van der Waals surface area contributed by atoms with Gasteiger partial charge in [0.1, 0.15) is 0 Å². The van der Waals surface area contributed by atoms with Crippen LogP contribution in [-0.4, -0.2) is 68.1 Å². The molecule has 0 fully saturated rings. The van der Waals surface area contributed by atoms with E-state index in [1.54, 1.807) is 0 Å². The number of hydrogen-bond donors (Lipinski definition) is 0. The topological polar surface area (TPSA) is 26.3 Å². The zero-order valence-corrected chi connectivity index (χ0v) is 12.1. The van der Waals surface area contributed by atoms with Crippen LogP contribution in [0.15, 0.2) is 0 Å². The van der Waals surface area contributed by atoms with E-state index in [9.17, 15) is 17.7 Å². The molecule has 7 heteroatoms. The van der Waals surface area contributed by atoms with Crippen LogP contribution in [-0.2, 0) is 9.53 Å². The van der Waals surface area contributed by atoms with Crippen LogP contribution < -0.4 is 0 Å². The Balaban J connectivity index is 0. The molecule has 0 aliphatic carbocycles. The zero-order valence-electron chi connectivity index (χ0n) is 8.94. The fourth-order valence-corrected chi connectivity index (χ4v) is 1.23. The normalized spacial score (nSPS) is 10.0. The molecule has 0 rings (SSSR count). The molecule has 0 saturated heterocycles. The monoisotopic (exact) mass is 236 g/mol. The molecule has 0 heterocycles. The maximum absolute atomic E-state index is 10.9. The van der Waals surface area contributed by atoms with Crippen molar-refractivity contribution in [3.63, 3.8) is 0 Å².